The number of hydrogen-bond acceptors (Lipinski definition) is 18. The van der Waals surface area contributed by atoms with E-state index < -0.39 is 163 Å². The number of benzene rings is 3. The van der Waals surface area contributed by atoms with Crippen molar-refractivity contribution in [2.45, 2.75) is 185 Å². The van der Waals surface area contributed by atoms with E-state index in [0.717, 1.165) is 6.42 Å². The number of nitrogens with two attached hydrogens (primary N) is 5. The lowest BCUT2D eigenvalue weighted by Gasteiger charge is -2.29. The quantitative estimate of drug-likeness (QED) is 0.0197. The average Bonchev–Trinajstić information content (AvgIpc) is 1.65. The van der Waals surface area contributed by atoms with Gasteiger partial charge in [-0.25, -0.2) is 0 Å². The van der Waals surface area contributed by atoms with Crippen molar-refractivity contribution in [3.8, 4) is 5.75 Å². The molecule has 0 bridgehead atoms. The zero-order valence-electron chi connectivity index (χ0n) is 59.5. The van der Waals surface area contributed by atoms with Crippen LogP contribution in [0.5, 0.6) is 5.75 Å². The Labute approximate surface area is 603 Å². The number of carbonyl (C=O) groups is 13. The van der Waals surface area contributed by atoms with Gasteiger partial charge in [-0.2, -0.15) is 0 Å². The van der Waals surface area contributed by atoms with Crippen LogP contribution in [0, 0.1) is 11.8 Å². The number of aromatic amines is 2. The molecule has 0 aliphatic carbocycles. The summed E-state index contributed by atoms with van der Waals surface area (Å²) in [6.07, 6.45) is 2.41. The molecule has 568 valence electrons. The summed E-state index contributed by atoms with van der Waals surface area (Å²) in [5.41, 5.74) is 31.4. The van der Waals surface area contributed by atoms with Gasteiger partial charge in [0.1, 0.15) is 60.1 Å². The summed E-state index contributed by atoms with van der Waals surface area (Å²) >= 11 is 0. The number of para-hydroxylation sites is 2. The standard InChI is InChI=1S/C71H104N18O15/c1-6-39(3)22-27-59(94)82-56(34-57(75)92)68(101)85-53(31-42-23-25-45(91)26-24-42)66(99)87-54(32-43-35-77-48-17-10-8-15-46(43)48)67(100)84-52(21-14-30-74)65(98)83-50(19-12-28-72)63(96)80-38-60(95)81-51(20-13-29-73)64(97)86-55(33-44-36-78-49-18-11-9-16-47(44)49)69(102)89-62(41(5)90)71(104)88-61(40(4)7-2)70(103)79-37-58(76)93/h8-11,15-18,23-26,35-36,39-41,50-56,61-62,77-78,90-91H,6-7,12-14,19-22,27-34,37-38,72-74H2,1-5H3,(H2,75,92)(H2,76,93)(H,79,103)(H,80,96)(H,81,95)(H,82,94)(H,83,98)(H,84,100)(H,85,101)(H,86,97)(H,87,99)(H,88,104)(H,89,102)/t39?,40-,41+,50-,51+,52+,53+,54+,55-,56+,61-,62-/m0/s1. The summed E-state index contributed by atoms with van der Waals surface area (Å²) in [6.45, 7) is 7.43. The zero-order valence-corrected chi connectivity index (χ0v) is 59.5. The number of phenols is 1. The average molecular weight is 1450 g/mol. The van der Waals surface area contributed by atoms with Crippen molar-refractivity contribution in [2.24, 2.45) is 40.5 Å². The SMILES string of the molecule is CCC(C)CCC(=O)N[C@H](CC(N)=O)C(=O)N[C@H](Cc1ccc(O)cc1)C(=O)N[C@H](Cc1c[nH]c2ccccc12)C(=O)N[C@H](CCCN)C(=O)N[C@@H](CCCN)C(=O)NCC(=O)N[C@H](CCCN)C(=O)N[C@@H](Cc1c[nH]c2ccccc12)C(=O)N[C@H](C(=O)N[C@H](C(=O)NCC(N)=O)[C@@H](C)CC)[C@@H](C)O. The predicted molar refractivity (Wildman–Crippen MR) is 387 cm³/mol. The van der Waals surface area contributed by atoms with Crippen LogP contribution < -0.4 is 87.2 Å². The lowest BCUT2D eigenvalue weighted by Crippen LogP contribution is -2.62. The molecule has 1 unspecified atom stereocenters. The fourth-order valence-corrected chi connectivity index (χ4v) is 11.4. The van der Waals surface area contributed by atoms with Crippen molar-refractivity contribution >= 4 is 98.6 Å². The monoisotopic (exact) mass is 1450 g/mol. The molecule has 0 fully saturated rings. The van der Waals surface area contributed by atoms with Crippen LogP contribution in [0.1, 0.15) is 122 Å². The molecule has 33 heteroatoms. The Morgan fingerprint density at radius 1 is 0.433 bits per heavy atom. The Kier molecular flexibility index (Phi) is 34.6. The van der Waals surface area contributed by atoms with E-state index in [9.17, 15) is 72.5 Å². The van der Waals surface area contributed by atoms with Crippen LogP contribution in [0.25, 0.3) is 21.8 Å². The number of carbonyl (C=O) groups excluding carboxylic acids is 13. The second-order valence-corrected chi connectivity index (χ2v) is 26.1. The van der Waals surface area contributed by atoms with Crippen LogP contribution in [-0.2, 0) is 81.6 Å². The number of nitrogens with one attached hydrogen (secondary N) is 13. The number of hydrogen-bond donors (Lipinski definition) is 20. The van der Waals surface area contributed by atoms with Gasteiger partial charge in [-0.05, 0) is 124 Å². The molecule has 0 aliphatic heterocycles. The fourth-order valence-electron chi connectivity index (χ4n) is 11.4. The van der Waals surface area contributed by atoms with Gasteiger partial charge in [0.2, 0.25) is 76.8 Å². The molecule has 12 atom stereocenters. The molecule has 2 heterocycles. The van der Waals surface area contributed by atoms with E-state index in [-0.39, 0.29) is 95.5 Å². The highest BCUT2D eigenvalue weighted by Gasteiger charge is 2.38. The van der Waals surface area contributed by atoms with Crippen molar-refractivity contribution in [1.82, 2.24) is 68.5 Å². The third-order valence-corrected chi connectivity index (χ3v) is 17.8. The van der Waals surface area contributed by atoms with Crippen LogP contribution in [0.3, 0.4) is 0 Å². The van der Waals surface area contributed by atoms with E-state index in [1.165, 1.54) is 31.2 Å². The second-order valence-electron chi connectivity index (χ2n) is 26.1. The molecule has 0 aliphatic rings. The molecule has 0 radical (unpaired) electrons. The van der Waals surface area contributed by atoms with Gasteiger partial charge in [0.05, 0.1) is 25.6 Å². The van der Waals surface area contributed by atoms with Gasteiger partial charge >= 0.3 is 0 Å². The number of aliphatic hydroxyl groups is 1. The highest BCUT2D eigenvalue weighted by atomic mass is 16.3. The van der Waals surface area contributed by atoms with E-state index >= 15 is 0 Å². The summed E-state index contributed by atoms with van der Waals surface area (Å²) in [6, 6.07) is 6.82. The smallest absolute Gasteiger partial charge is 0.245 e. The number of primary amides is 2. The molecule has 104 heavy (non-hydrogen) atoms. The molecule has 2 aromatic heterocycles. The summed E-state index contributed by atoms with van der Waals surface area (Å²) in [4.78, 5) is 186. The fraction of sp³-hybridized carbons (Fsp3) is 0.507. The number of fused-ring (bicyclic) bond motifs is 2. The van der Waals surface area contributed by atoms with Gasteiger partial charge in [0, 0.05) is 59.9 Å². The van der Waals surface area contributed by atoms with E-state index in [4.69, 9.17) is 28.7 Å². The van der Waals surface area contributed by atoms with Gasteiger partial charge in [-0.3, -0.25) is 62.3 Å². The highest BCUT2D eigenvalue weighted by Crippen LogP contribution is 2.22. The topological polar surface area (TPSA) is 556 Å². The maximum atomic E-state index is 14.9. The number of aromatic nitrogens is 2. The van der Waals surface area contributed by atoms with Crippen molar-refractivity contribution in [2.75, 3.05) is 32.7 Å². The number of aromatic hydroxyl groups is 1. The third-order valence-electron chi connectivity index (χ3n) is 17.8. The van der Waals surface area contributed by atoms with Crippen molar-refractivity contribution in [3.05, 3.63) is 102 Å². The molecule has 33 nitrogen and oxygen atoms in total. The Hall–Kier alpha value is -10.5. The van der Waals surface area contributed by atoms with Crippen LogP contribution >= 0.6 is 0 Å². The first kappa shape index (κ1) is 84.1. The van der Waals surface area contributed by atoms with Gasteiger partial charge in [0.15, 0.2) is 0 Å². The maximum absolute atomic E-state index is 14.9. The van der Waals surface area contributed by atoms with Crippen LogP contribution in [0.4, 0.5) is 0 Å². The Morgan fingerprint density at radius 3 is 1.33 bits per heavy atom. The minimum absolute atomic E-state index is 0.0334. The molecular formula is C71H104N18O15. The number of aliphatic hydroxyl groups excluding tert-OH is 1. The minimum atomic E-state index is -1.70. The first-order valence-corrected chi connectivity index (χ1v) is 35.1. The highest BCUT2D eigenvalue weighted by molar-refractivity contribution is 6.00. The second kappa shape index (κ2) is 42.8. The summed E-state index contributed by atoms with van der Waals surface area (Å²) in [5, 5.41) is 50.9. The zero-order chi connectivity index (χ0) is 76.6. The molecule has 0 spiro atoms. The largest absolute Gasteiger partial charge is 0.508 e. The minimum Gasteiger partial charge on any atom is -0.508 e. The first-order chi connectivity index (χ1) is 49.6. The number of amides is 13. The maximum Gasteiger partial charge on any atom is 0.245 e. The summed E-state index contributed by atoms with van der Waals surface area (Å²) < 4.78 is 0. The van der Waals surface area contributed by atoms with Crippen molar-refractivity contribution in [3.63, 3.8) is 0 Å². The van der Waals surface area contributed by atoms with E-state index in [1.54, 1.807) is 74.8 Å². The van der Waals surface area contributed by atoms with Gasteiger partial charge in [-0.15, -0.1) is 0 Å². The van der Waals surface area contributed by atoms with E-state index in [2.05, 4.69) is 68.5 Å². The van der Waals surface area contributed by atoms with Crippen LogP contribution in [-0.4, -0.2) is 190 Å². The first-order valence-electron chi connectivity index (χ1n) is 35.1. The number of H-pyrrole nitrogens is 2. The van der Waals surface area contributed by atoms with Crippen molar-refractivity contribution < 1.29 is 72.5 Å². The lowest BCUT2D eigenvalue weighted by atomic mass is 9.97. The van der Waals surface area contributed by atoms with Crippen molar-refractivity contribution in [1.29, 1.82) is 0 Å². The summed E-state index contributed by atoms with van der Waals surface area (Å²) in [7, 11) is 0. The molecule has 5 rings (SSSR count). The van der Waals surface area contributed by atoms with Crippen LogP contribution in [0.15, 0.2) is 85.2 Å². The van der Waals surface area contributed by atoms with Gasteiger partial charge in [0.25, 0.3) is 0 Å². The number of rotatable bonds is 46. The van der Waals surface area contributed by atoms with E-state index in [0.29, 0.717) is 51.3 Å². The lowest BCUT2D eigenvalue weighted by molar-refractivity contribution is -0.137. The summed E-state index contributed by atoms with van der Waals surface area (Å²) in [5.74, 6) is -11.7. The molecular weight excluding hydrogens is 1340 g/mol. The Bertz CT molecular complexity index is 3730. The Morgan fingerprint density at radius 2 is 0.856 bits per heavy atom. The molecule has 5 aromatic rings. The van der Waals surface area contributed by atoms with E-state index in [1.807, 2.05) is 13.8 Å². The van der Waals surface area contributed by atoms with Gasteiger partial charge < -0.3 is 107 Å². The van der Waals surface area contributed by atoms with Gasteiger partial charge in [-0.1, -0.05) is 89.1 Å². The van der Waals surface area contributed by atoms with Crippen LogP contribution in [0.2, 0.25) is 0 Å². The third kappa shape index (κ3) is 27.0. The molecule has 0 saturated carbocycles. The normalized spacial score (nSPS) is 14.7. The predicted octanol–water partition coefficient (Wildman–Crippen LogP) is -2.19. The molecule has 3 aromatic carbocycles. The molecule has 13 amide bonds. The number of phenolic OH excluding ortho intramolecular Hbond substituents is 1. The Balaban J connectivity index is 1.37. The molecule has 0 saturated heterocycles. The molecule has 25 N–H and O–H groups in total.